The zero-order valence-electron chi connectivity index (χ0n) is 19.5. The van der Waals surface area contributed by atoms with Gasteiger partial charge in [-0.1, -0.05) is 43.6 Å². The van der Waals surface area contributed by atoms with Gasteiger partial charge in [0.15, 0.2) is 11.5 Å². The van der Waals surface area contributed by atoms with Gasteiger partial charge in [-0.2, -0.15) is 0 Å². The van der Waals surface area contributed by atoms with Crippen molar-refractivity contribution in [2.45, 2.75) is 46.2 Å². The molecular formula is C25H33ClN2O4. The SMILES string of the molecule is COc1ccc(CCC(=O)N(Cc2cccc(Cl)c2)[C@H](C)C(=O)NCC(C)C)cc1OC. The second-order valence-electron chi connectivity index (χ2n) is 8.16. The maximum absolute atomic E-state index is 13.2. The van der Waals surface area contributed by atoms with Crippen LogP contribution in [-0.4, -0.2) is 43.5 Å². The van der Waals surface area contributed by atoms with Crippen LogP contribution in [0, 0.1) is 5.92 Å². The van der Waals surface area contributed by atoms with Crippen molar-refractivity contribution in [3.8, 4) is 11.5 Å². The number of ether oxygens (including phenoxy) is 2. The number of benzene rings is 2. The molecule has 6 nitrogen and oxygen atoms in total. The third-order valence-corrected chi connectivity index (χ3v) is 5.40. The monoisotopic (exact) mass is 460 g/mol. The minimum atomic E-state index is -0.606. The Morgan fingerprint density at radius 1 is 1.00 bits per heavy atom. The summed E-state index contributed by atoms with van der Waals surface area (Å²) in [5, 5.41) is 3.52. The first-order valence-corrected chi connectivity index (χ1v) is 11.2. The number of carbonyl (C=O) groups excluding carboxylic acids is 2. The molecule has 2 aromatic carbocycles. The van der Waals surface area contributed by atoms with E-state index in [1.54, 1.807) is 32.1 Å². The Morgan fingerprint density at radius 3 is 2.34 bits per heavy atom. The predicted octanol–water partition coefficient (Wildman–Crippen LogP) is 4.48. The van der Waals surface area contributed by atoms with Crippen molar-refractivity contribution in [2.24, 2.45) is 5.92 Å². The van der Waals surface area contributed by atoms with E-state index in [2.05, 4.69) is 5.32 Å². The van der Waals surface area contributed by atoms with E-state index in [1.165, 1.54) is 0 Å². The van der Waals surface area contributed by atoms with Crippen molar-refractivity contribution in [3.05, 3.63) is 58.6 Å². The van der Waals surface area contributed by atoms with Gasteiger partial charge in [0.1, 0.15) is 6.04 Å². The van der Waals surface area contributed by atoms with Crippen molar-refractivity contribution in [1.82, 2.24) is 10.2 Å². The number of aryl methyl sites for hydroxylation is 1. The minimum absolute atomic E-state index is 0.105. The highest BCUT2D eigenvalue weighted by Crippen LogP contribution is 2.28. The molecule has 174 valence electrons. The van der Waals surface area contributed by atoms with E-state index in [4.69, 9.17) is 21.1 Å². The van der Waals surface area contributed by atoms with E-state index < -0.39 is 6.04 Å². The second-order valence-corrected chi connectivity index (χ2v) is 8.59. The number of carbonyl (C=O) groups is 2. The largest absolute Gasteiger partial charge is 0.493 e. The molecule has 32 heavy (non-hydrogen) atoms. The zero-order chi connectivity index (χ0) is 23.7. The average molecular weight is 461 g/mol. The lowest BCUT2D eigenvalue weighted by Crippen LogP contribution is -2.48. The molecule has 7 heteroatoms. The summed E-state index contributed by atoms with van der Waals surface area (Å²) >= 11 is 6.12. The van der Waals surface area contributed by atoms with E-state index in [-0.39, 0.29) is 18.2 Å². The van der Waals surface area contributed by atoms with Crippen LogP contribution in [0.3, 0.4) is 0 Å². The Morgan fingerprint density at radius 2 is 1.72 bits per heavy atom. The smallest absolute Gasteiger partial charge is 0.242 e. The zero-order valence-corrected chi connectivity index (χ0v) is 20.2. The first-order valence-electron chi connectivity index (χ1n) is 10.8. The fraction of sp³-hybridized carbons (Fsp3) is 0.440. The van der Waals surface area contributed by atoms with Gasteiger partial charge >= 0.3 is 0 Å². The van der Waals surface area contributed by atoms with Gasteiger partial charge in [-0.05, 0) is 54.7 Å². The first kappa shape index (κ1) is 25.5. The summed E-state index contributed by atoms with van der Waals surface area (Å²) < 4.78 is 10.6. The summed E-state index contributed by atoms with van der Waals surface area (Å²) in [4.78, 5) is 27.6. The molecule has 0 bridgehead atoms. The molecule has 1 N–H and O–H groups in total. The van der Waals surface area contributed by atoms with Gasteiger partial charge < -0.3 is 19.7 Å². The van der Waals surface area contributed by atoms with Crippen molar-refractivity contribution in [1.29, 1.82) is 0 Å². The highest BCUT2D eigenvalue weighted by atomic mass is 35.5. The summed E-state index contributed by atoms with van der Waals surface area (Å²) in [5.41, 5.74) is 1.83. The Kier molecular flexibility index (Phi) is 9.85. The summed E-state index contributed by atoms with van der Waals surface area (Å²) in [6.45, 7) is 6.69. The number of nitrogens with zero attached hydrogens (tertiary/aromatic N) is 1. The number of halogens is 1. The molecule has 0 aromatic heterocycles. The first-order chi connectivity index (χ1) is 15.2. The molecule has 0 saturated carbocycles. The van der Waals surface area contributed by atoms with Crippen molar-refractivity contribution < 1.29 is 19.1 Å². The van der Waals surface area contributed by atoms with Gasteiger partial charge in [-0.3, -0.25) is 9.59 Å². The molecule has 0 aliphatic heterocycles. The van der Waals surface area contributed by atoms with Crippen LogP contribution < -0.4 is 14.8 Å². The fourth-order valence-corrected chi connectivity index (χ4v) is 3.51. The van der Waals surface area contributed by atoms with Crippen LogP contribution in [0.1, 0.15) is 38.3 Å². The van der Waals surface area contributed by atoms with Crippen molar-refractivity contribution in [3.63, 3.8) is 0 Å². The van der Waals surface area contributed by atoms with Gasteiger partial charge in [-0.25, -0.2) is 0 Å². The number of hydrogen-bond donors (Lipinski definition) is 1. The highest BCUT2D eigenvalue weighted by Gasteiger charge is 2.26. The van der Waals surface area contributed by atoms with E-state index >= 15 is 0 Å². The normalized spacial score (nSPS) is 11.7. The molecule has 2 aromatic rings. The van der Waals surface area contributed by atoms with Crippen LogP contribution in [0.25, 0.3) is 0 Å². The molecule has 0 aliphatic rings. The van der Waals surface area contributed by atoms with E-state index in [1.807, 2.05) is 50.2 Å². The van der Waals surface area contributed by atoms with Crippen LogP contribution in [0.4, 0.5) is 0 Å². The lowest BCUT2D eigenvalue weighted by atomic mass is 10.1. The van der Waals surface area contributed by atoms with E-state index in [0.717, 1.165) is 11.1 Å². The standard InChI is InChI=1S/C25H33ClN2O4/c1-17(2)15-27-25(30)18(3)28(16-20-7-6-8-21(26)13-20)24(29)12-10-19-9-11-22(31-4)23(14-19)32-5/h6-9,11,13-14,17-18H,10,12,15-16H2,1-5H3,(H,27,30)/t18-/m1/s1. The Labute approximate surface area is 195 Å². The lowest BCUT2D eigenvalue weighted by molar-refractivity contribution is -0.140. The molecule has 0 unspecified atom stereocenters. The molecule has 0 aliphatic carbocycles. The molecule has 0 heterocycles. The Hall–Kier alpha value is -2.73. The highest BCUT2D eigenvalue weighted by molar-refractivity contribution is 6.30. The van der Waals surface area contributed by atoms with Crippen LogP contribution in [0.15, 0.2) is 42.5 Å². The lowest BCUT2D eigenvalue weighted by Gasteiger charge is -2.29. The van der Waals surface area contributed by atoms with Gasteiger partial charge in [0, 0.05) is 24.5 Å². The van der Waals surface area contributed by atoms with Gasteiger partial charge in [0.05, 0.1) is 14.2 Å². The second kappa shape index (κ2) is 12.3. The molecule has 0 radical (unpaired) electrons. The topological polar surface area (TPSA) is 67.9 Å². The molecule has 1 atom stereocenters. The van der Waals surface area contributed by atoms with E-state index in [0.29, 0.717) is 41.9 Å². The Bertz CT molecular complexity index is 917. The molecular weight excluding hydrogens is 428 g/mol. The Balaban J connectivity index is 2.16. The number of hydrogen-bond acceptors (Lipinski definition) is 4. The summed E-state index contributed by atoms with van der Waals surface area (Å²) in [7, 11) is 3.16. The summed E-state index contributed by atoms with van der Waals surface area (Å²) in [6.07, 6.45) is 0.781. The van der Waals surface area contributed by atoms with E-state index in [9.17, 15) is 9.59 Å². The predicted molar refractivity (Wildman–Crippen MR) is 127 cm³/mol. The minimum Gasteiger partial charge on any atom is -0.493 e. The number of nitrogens with one attached hydrogen (secondary N) is 1. The van der Waals surface area contributed by atoms with Gasteiger partial charge in [0.25, 0.3) is 0 Å². The number of rotatable bonds is 11. The molecule has 2 amide bonds. The fourth-order valence-electron chi connectivity index (χ4n) is 3.30. The van der Waals surface area contributed by atoms with Gasteiger partial charge in [-0.15, -0.1) is 0 Å². The maximum Gasteiger partial charge on any atom is 0.242 e. The third-order valence-electron chi connectivity index (χ3n) is 5.17. The number of amides is 2. The van der Waals surface area contributed by atoms with Gasteiger partial charge in [0.2, 0.25) is 11.8 Å². The number of methoxy groups -OCH3 is 2. The molecule has 0 spiro atoms. The molecule has 0 fully saturated rings. The quantitative estimate of drug-likeness (QED) is 0.536. The summed E-state index contributed by atoms with van der Waals surface area (Å²) in [5.74, 6) is 1.32. The van der Waals surface area contributed by atoms with Crippen LogP contribution >= 0.6 is 11.6 Å². The van der Waals surface area contributed by atoms with Crippen LogP contribution in [-0.2, 0) is 22.6 Å². The van der Waals surface area contributed by atoms with Crippen LogP contribution in [0.5, 0.6) is 11.5 Å². The molecule has 2 rings (SSSR count). The third kappa shape index (κ3) is 7.45. The van der Waals surface area contributed by atoms with Crippen molar-refractivity contribution >= 4 is 23.4 Å². The van der Waals surface area contributed by atoms with Crippen LogP contribution in [0.2, 0.25) is 5.02 Å². The summed E-state index contributed by atoms with van der Waals surface area (Å²) in [6, 6.07) is 12.3. The van der Waals surface area contributed by atoms with Crippen molar-refractivity contribution in [2.75, 3.05) is 20.8 Å². The average Bonchev–Trinajstić information content (AvgIpc) is 2.78. The maximum atomic E-state index is 13.2. The molecule has 0 saturated heterocycles.